The van der Waals surface area contributed by atoms with Crippen LogP contribution in [0.1, 0.15) is 5.56 Å². The Morgan fingerprint density at radius 2 is 1.88 bits per heavy atom. The SMILES string of the molecule is O=C(Cn1ccccc1=O)NNS(=O)(=O)c1ccc(Cl)c(C(F)(F)F)c1. The second kappa shape index (κ2) is 7.48. The molecule has 1 amide bonds. The van der Waals surface area contributed by atoms with E-state index >= 15 is 0 Å². The van der Waals surface area contributed by atoms with Gasteiger partial charge in [0, 0.05) is 12.3 Å². The zero-order chi connectivity index (χ0) is 19.5. The average molecular weight is 410 g/mol. The molecule has 0 spiro atoms. The highest BCUT2D eigenvalue weighted by Gasteiger charge is 2.34. The topological polar surface area (TPSA) is 97.3 Å². The molecule has 7 nitrogen and oxygen atoms in total. The van der Waals surface area contributed by atoms with Crippen molar-refractivity contribution in [1.29, 1.82) is 0 Å². The summed E-state index contributed by atoms with van der Waals surface area (Å²) in [6.07, 6.45) is -3.54. The van der Waals surface area contributed by atoms with Crippen molar-refractivity contribution < 1.29 is 26.4 Å². The highest BCUT2D eigenvalue weighted by Crippen LogP contribution is 2.35. The van der Waals surface area contributed by atoms with Crippen LogP contribution in [-0.4, -0.2) is 18.9 Å². The highest BCUT2D eigenvalue weighted by molar-refractivity contribution is 7.89. The van der Waals surface area contributed by atoms with Crippen molar-refractivity contribution in [3.8, 4) is 0 Å². The molecule has 0 aliphatic rings. The summed E-state index contributed by atoms with van der Waals surface area (Å²) >= 11 is 5.43. The summed E-state index contributed by atoms with van der Waals surface area (Å²) in [4.78, 5) is 24.1. The van der Waals surface area contributed by atoms with Crippen LogP contribution in [0, 0.1) is 0 Å². The molecule has 0 saturated heterocycles. The largest absolute Gasteiger partial charge is 0.417 e. The number of hydrogen-bond donors (Lipinski definition) is 2. The van der Waals surface area contributed by atoms with Crippen LogP contribution in [0.25, 0.3) is 0 Å². The molecule has 0 saturated carbocycles. The minimum atomic E-state index is -4.85. The number of amides is 1. The van der Waals surface area contributed by atoms with Crippen LogP contribution in [0.5, 0.6) is 0 Å². The Morgan fingerprint density at radius 1 is 1.19 bits per heavy atom. The lowest BCUT2D eigenvalue weighted by atomic mass is 10.2. The molecule has 12 heteroatoms. The van der Waals surface area contributed by atoms with Gasteiger partial charge < -0.3 is 4.57 Å². The van der Waals surface area contributed by atoms with Gasteiger partial charge in [-0.1, -0.05) is 17.7 Å². The molecule has 2 N–H and O–H groups in total. The van der Waals surface area contributed by atoms with Crippen molar-refractivity contribution in [2.45, 2.75) is 17.6 Å². The van der Waals surface area contributed by atoms with E-state index in [0.29, 0.717) is 6.07 Å². The lowest BCUT2D eigenvalue weighted by molar-refractivity contribution is -0.137. The smallest absolute Gasteiger partial charge is 0.306 e. The van der Waals surface area contributed by atoms with Gasteiger partial charge >= 0.3 is 6.18 Å². The van der Waals surface area contributed by atoms with Crippen molar-refractivity contribution in [3.63, 3.8) is 0 Å². The molecule has 2 rings (SSSR count). The van der Waals surface area contributed by atoms with Gasteiger partial charge in [-0.2, -0.15) is 13.2 Å². The molecule has 0 unspecified atom stereocenters. The zero-order valence-corrected chi connectivity index (χ0v) is 14.3. The molecule has 2 aromatic rings. The molecule has 1 aromatic carbocycles. The van der Waals surface area contributed by atoms with E-state index in [9.17, 15) is 31.2 Å². The number of halogens is 4. The molecule has 0 aliphatic carbocycles. The van der Waals surface area contributed by atoms with E-state index in [-0.39, 0.29) is 0 Å². The van der Waals surface area contributed by atoms with Gasteiger partial charge in [-0.15, -0.1) is 4.83 Å². The number of sulfonamides is 1. The Morgan fingerprint density at radius 3 is 2.50 bits per heavy atom. The van der Waals surface area contributed by atoms with Crippen molar-refractivity contribution in [2.24, 2.45) is 0 Å². The third kappa shape index (κ3) is 4.84. The predicted octanol–water partition coefficient (Wildman–Crippen LogP) is 1.53. The molecule has 0 bridgehead atoms. The van der Waals surface area contributed by atoms with Crippen molar-refractivity contribution in [3.05, 3.63) is 63.5 Å². The normalized spacial score (nSPS) is 12.0. The molecule has 0 fully saturated rings. The zero-order valence-electron chi connectivity index (χ0n) is 12.7. The van der Waals surface area contributed by atoms with Crippen LogP contribution < -0.4 is 15.8 Å². The first-order chi connectivity index (χ1) is 12.0. The number of alkyl halides is 3. The summed E-state index contributed by atoms with van der Waals surface area (Å²) in [5, 5.41) is -0.663. The molecular formula is C14H11ClF3N3O4S. The lowest BCUT2D eigenvalue weighted by Crippen LogP contribution is -2.44. The minimum Gasteiger partial charge on any atom is -0.306 e. The number of benzene rings is 1. The molecule has 140 valence electrons. The fourth-order valence-corrected chi connectivity index (χ4v) is 2.97. The van der Waals surface area contributed by atoms with E-state index in [1.807, 2.05) is 5.43 Å². The van der Waals surface area contributed by atoms with Gasteiger partial charge in [0.25, 0.3) is 21.5 Å². The minimum absolute atomic E-state index is 0.346. The number of carbonyl (C=O) groups is 1. The number of rotatable bonds is 5. The van der Waals surface area contributed by atoms with Gasteiger partial charge in [0.2, 0.25) is 0 Å². The van der Waals surface area contributed by atoms with E-state index in [1.165, 1.54) is 24.4 Å². The van der Waals surface area contributed by atoms with E-state index in [4.69, 9.17) is 11.6 Å². The number of carbonyl (C=O) groups excluding carboxylic acids is 1. The van der Waals surface area contributed by atoms with Crippen LogP contribution in [0.15, 0.2) is 52.3 Å². The number of nitrogens with one attached hydrogen (secondary N) is 2. The molecule has 0 atom stereocenters. The standard InChI is InChI=1S/C14H11ClF3N3O4S/c15-11-5-4-9(7-10(11)14(16,17)18)26(24,25)20-19-12(22)8-21-6-2-1-3-13(21)23/h1-7,20H,8H2,(H,19,22). The first kappa shape index (κ1) is 19.9. The van der Waals surface area contributed by atoms with Crippen molar-refractivity contribution in [1.82, 2.24) is 14.8 Å². The van der Waals surface area contributed by atoms with Gasteiger partial charge in [-0.3, -0.25) is 15.0 Å². The first-order valence-corrected chi connectivity index (χ1v) is 8.70. The number of nitrogens with zero attached hydrogens (tertiary/aromatic N) is 1. The summed E-state index contributed by atoms with van der Waals surface area (Å²) in [6, 6.07) is 6.13. The fourth-order valence-electron chi connectivity index (χ4n) is 1.86. The maximum absolute atomic E-state index is 12.8. The quantitative estimate of drug-likeness (QED) is 0.732. The van der Waals surface area contributed by atoms with E-state index in [1.54, 1.807) is 4.83 Å². The van der Waals surface area contributed by atoms with Gasteiger partial charge in [0.05, 0.1) is 15.5 Å². The highest BCUT2D eigenvalue weighted by atomic mass is 35.5. The summed E-state index contributed by atoms with van der Waals surface area (Å²) in [5.41, 5.74) is 0.00171. The van der Waals surface area contributed by atoms with Gasteiger partial charge in [-0.05, 0) is 24.3 Å². The van der Waals surface area contributed by atoms with Gasteiger partial charge in [0.15, 0.2) is 0 Å². The molecule has 0 radical (unpaired) electrons. The van der Waals surface area contributed by atoms with Crippen LogP contribution in [0.2, 0.25) is 5.02 Å². The van der Waals surface area contributed by atoms with E-state index < -0.39 is 49.7 Å². The average Bonchev–Trinajstić information content (AvgIpc) is 2.54. The van der Waals surface area contributed by atoms with Crippen LogP contribution in [0.3, 0.4) is 0 Å². The summed E-state index contributed by atoms with van der Waals surface area (Å²) in [7, 11) is -4.49. The molecule has 26 heavy (non-hydrogen) atoms. The summed E-state index contributed by atoms with van der Waals surface area (Å²) < 4.78 is 63.5. The monoisotopic (exact) mass is 409 g/mol. The second-order valence-corrected chi connectivity index (χ2v) is 7.05. The summed E-state index contributed by atoms with van der Waals surface area (Å²) in [5.74, 6) is -0.896. The fraction of sp³-hybridized carbons (Fsp3) is 0.143. The molecule has 0 aliphatic heterocycles. The van der Waals surface area contributed by atoms with Crippen molar-refractivity contribution in [2.75, 3.05) is 0 Å². The van der Waals surface area contributed by atoms with Gasteiger partial charge in [-0.25, -0.2) is 8.42 Å². The first-order valence-electron chi connectivity index (χ1n) is 6.83. The van der Waals surface area contributed by atoms with E-state index in [2.05, 4.69) is 0 Å². The Balaban J connectivity index is 2.13. The Labute approximate surface area is 150 Å². The molecule has 1 heterocycles. The predicted molar refractivity (Wildman–Crippen MR) is 85.6 cm³/mol. The number of aromatic nitrogens is 1. The maximum atomic E-state index is 12.8. The van der Waals surface area contributed by atoms with Crippen LogP contribution in [0.4, 0.5) is 13.2 Å². The molecular weight excluding hydrogens is 399 g/mol. The third-order valence-electron chi connectivity index (χ3n) is 3.09. The number of pyridine rings is 1. The molecule has 1 aromatic heterocycles. The lowest BCUT2D eigenvalue weighted by Gasteiger charge is -2.12. The Bertz CT molecular complexity index is 989. The Hall–Kier alpha value is -2.37. The van der Waals surface area contributed by atoms with Gasteiger partial charge in [0.1, 0.15) is 6.54 Å². The van der Waals surface area contributed by atoms with Crippen LogP contribution in [-0.2, 0) is 27.5 Å². The van der Waals surface area contributed by atoms with Crippen molar-refractivity contribution >= 4 is 27.5 Å². The second-order valence-electron chi connectivity index (χ2n) is 4.96. The third-order valence-corrected chi connectivity index (χ3v) is 4.67. The van der Waals surface area contributed by atoms with Crippen LogP contribution >= 0.6 is 11.6 Å². The van der Waals surface area contributed by atoms with E-state index in [0.717, 1.165) is 16.7 Å². The maximum Gasteiger partial charge on any atom is 0.417 e. The number of hydrogen-bond acceptors (Lipinski definition) is 4. The summed E-state index contributed by atoms with van der Waals surface area (Å²) in [6.45, 7) is -0.489. The number of hydrazine groups is 1. The Kier molecular flexibility index (Phi) is 5.74.